The van der Waals surface area contributed by atoms with Crippen molar-refractivity contribution in [2.45, 2.75) is 19.2 Å². The molecule has 0 spiro atoms. The quantitative estimate of drug-likeness (QED) is 0.832. The number of rotatable bonds is 4. The molecule has 0 bridgehead atoms. The van der Waals surface area contributed by atoms with Crippen LogP contribution >= 0.6 is 11.3 Å². The molecule has 1 aromatic heterocycles. The molecule has 2 N–H and O–H groups in total. The Morgan fingerprint density at radius 1 is 1.42 bits per heavy atom. The number of nitrogens with zero attached hydrogens (tertiary/aromatic N) is 1. The Hall–Kier alpha value is -2.59. The van der Waals surface area contributed by atoms with Gasteiger partial charge in [0.1, 0.15) is 21.7 Å². The molecule has 1 aromatic carbocycles. The van der Waals surface area contributed by atoms with Gasteiger partial charge in [-0.2, -0.15) is 13.2 Å². The van der Waals surface area contributed by atoms with Gasteiger partial charge in [0, 0.05) is 17.2 Å². The van der Waals surface area contributed by atoms with Crippen LogP contribution in [0.2, 0.25) is 0 Å². The minimum Gasteiger partial charge on any atom is -0.477 e. The molecule has 26 heavy (non-hydrogen) atoms. The maximum absolute atomic E-state index is 12.2. The molecule has 2 aromatic rings. The van der Waals surface area contributed by atoms with Crippen molar-refractivity contribution in [3.05, 3.63) is 46.4 Å². The Morgan fingerprint density at radius 2 is 2.15 bits per heavy atom. The monoisotopic (exact) mass is 387 g/mol. The van der Waals surface area contributed by atoms with E-state index in [2.05, 4.69) is 9.72 Å². The molecule has 0 fully saturated rings. The minimum atomic E-state index is -4.52. The van der Waals surface area contributed by atoms with Crippen molar-refractivity contribution in [3.8, 4) is 16.3 Å². The number of hydrogen-bond acceptors (Lipinski definition) is 6. The first-order chi connectivity index (χ1) is 12.1. The van der Waals surface area contributed by atoms with Crippen molar-refractivity contribution in [2.75, 3.05) is 6.61 Å². The summed E-state index contributed by atoms with van der Waals surface area (Å²) >= 11 is 0.986. The Labute approximate surface area is 149 Å². The van der Waals surface area contributed by atoms with E-state index in [0.29, 0.717) is 21.8 Å². The molecule has 3 rings (SSSR count). The maximum Gasteiger partial charge on any atom is 0.422 e. The number of aromatic carboxylic acids is 1. The highest BCUT2D eigenvalue weighted by atomic mass is 32.1. The van der Waals surface area contributed by atoms with E-state index in [1.54, 1.807) is 19.1 Å². The zero-order valence-electron chi connectivity index (χ0n) is 13.2. The summed E-state index contributed by atoms with van der Waals surface area (Å²) in [4.78, 5) is 15.4. The van der Waals surface area contributed by atoms with E-state index < -0.39 is 30.8 Å². The van der Waals surface area contributed by atoms with E-state index in [1.165, 1.54) is 6.07 Å². The molecular formula is C16H12F3NO5S. The maximum atomic E-state index is 12.2. The summed E-state index contributed by atoms with van der Waals surface area (Å²) in [5.41, 5.74) is 1.24. The molecule has 0 saturated carbocycles. The van der Waals surface area contributed by atoms with Gasteiger partial charge in [-0.15, -0.1) is 11.3 Å². The highest BCUT2D eigenvalue weighted by Gasteiger charge is 2.31. The van der Waals surface area contributed by atoms with Crippen LogP contribution < -0.4 is 4.74 Å². The molecule has 10 heteroatoms. The van der Waals surface area contributed by atoms with Gasteiger partial charge in [-0.1, -0.05) is 0 Å². The zero-order chi connectivity index (χ0) is 19.1. The van der Waals surface area contributed by atoms with Crippen molar-refractivity contribution in [2.24, 2.45) is 0 Å². The highest BCUT2D eigenvalue weighted by Crippen LogP contribution is 2.38. The predicted molar refractivity (Wildman–Crippen MR) is 84.9 cm³/mol. The number of thiazole rings is 1. The number of aliphatic hydroxyl groups excluding tert-OH is 1. The molecule has 0 radical (unpaired) electrons. The van der Waals surface area contributed by atoms with Crippen molar-refractivity contribution >= 4 is 17.3 Å². The lowest BCUT2D eigenvalue weighted by molar-refractivity contribution is -0.172. The normalized spacial score (nSPS) is 16.5. The number of aliphatic hydroxyl groups is 1. The third-order valence-corrected chi connectivity index (χ3v) is 4.64. The number of ether oxygens (including phenoxy) is 2. The first kappa shape index (κ1) is 18.2. The number of alkyl halides is 3. The number of aromatic nitrogens is 1. The second-order valence-electron chi connectivity index (χ2n) is 5.43. The van der Waals surface area contributed by atoms with Gasteiger partial charge in [-0.3, -0.25) is 0 Å². The molecule has 0 aliphatic carbocycles. The number of halogens is 3. The van der Waals surface area contributed by atoms with E-state index in [4.69, 9.17) is 9.84 Å². The van der Waals surface area contributed by atoms with Crippen LogP contribution in [0, 0.1) is 6.92 Å². The van der Waals surface area contributed by atoms with Crippen molar-refractivity contribution in [1.29, 1.82) is 0 Å². The van der Waals surface area contributed by atoms with Crippen molar-refractivity contribution < 1.29 is 37.7 Å². The van der Waals surface area contributed by atoms with Crippen molar-refractivity contribution in [1.82, 2.24) is 4.98 Å². The second kappa shape index (κ2) is 6.61. The average Bonchev–Trinajstić information content (AvgIpc) is 2.94. The number of carbonyl (C=O) groups is 1. The number of hydrogen-bond donors (Lipinski definition) is 2. The fourth-order valence-electron chi connectivity index (χ4n) is 2.32. The van der Waals surface area contributed by atoms with Crippen LogP contribution in [0.3, 0.4) is 0 Å². The number of benzene rings is 1. The smallest absolute Gasteiger partial charge is 0.422 e. The summed E-state index contributed by atoms with van der Waals surface area (Å²) in [5, 5.41) is 19.7. The molecule has 0 amide bonds. The van der Waals surface area contributed by atoms with Crippen molar-refractivity contribution in [3.63, 3.8) is 0 Å². The van der Waals surface area contributed by atoms with Gasteiger partial charge in [0.05, 0.1) is 5.69 Å². The Kier molecular flexibility index (Phi) is 4.63. The average molecular weight is 387 g/mol. The minimum absolute atomic E-state index is 0.109. The first-order valence-electron chi connectivity index (χ1n) is 7.26. The SMILES string of the molecule is Cc1nc(-c2ccc3c(c2)C(O)C=C(OCC(F)(F)F)O3)sc1C(=O)O. The Balaban J connectivity index is 1.85. The van der Waals surface area contributed by atoms with Crippen LogP contribution in [0.15, 0.2) is 30.2 Å². The van der Waals surface area contributed by atoms with Crippen LogP contribution in [0.25, 0.3) is 10.6 Å². The lowest BCUT2D eigenvalue weighted by atomic mass is 10.0. The van der Waals surface area contributed by atoms with E-state index in [0.717, 1.165) is 17.4 Å². The molecular weight excluding hydrogens is 375 g/mol. The standard InChI is InChI=1S/C16H12F3NO5S/c1-7-13(15(22)23)26-14(20-7)8-2-3-11-9(4-8)10(21)5-12(25-11)24-6-16(17,18)19/h2-5,10,21H,6H2,1H3,(H,22,23). The molecule has 1 unspecified atom stereocenters. The molecule has 1 aliphatic rings. The molecule has 1 aliphatic heterocycles. The van der Waals surface area contributed by atoms with E-state index in [9.17, 15) is 23.1 Å². The van der Waals surface area contributed by atoms with Crippen LogP contribution in [0.4, 0.5) is 13.2 Å². The lowest BCUT2D eigenvalue weighted by Crippen LogP contribution is -2.20. The van der Waals surface area contributed by atoms with Gasteiger partial charge in [-0.05, 0) is 25.1 Å². The summed E-state index contributed by atoms with van der Waals surface area (Å²) in [5.74, 6) is -1.37. The summed E-state index contributed by atoms with van der Waals surface area (Å²) in [6, 6.07) is 4.57. The van der Waals surface area contributed by atoms with Gasteiger partial charge < -0.3 is 19.7 Å². The van der Waals surface area contributed by atoms with Gasteiger partial charge in [-0.25, -0.2) is 9.78 Å². The Bertz CT molecular complexity index is 890. The van der Waals surface area contributed by atoms with E-state index in [1.807, 2.05) is 0 Å². The molecule has 138 valence electrons. The summed E-state index contributed by atoms with van der Waals surface area (Å²) in [7, 11) is 0. The molecule has 2 heterocycles. The number of carboxylic acids is 1. The third-order valence-electron chi connectivity index (χ3n) is 3.45. The van der Waals surface area contributed by atoms with Gasteiger partial charge in [0.15, 0.2) is 6.61 Å². The number of carboxylic acid groups (broad SMARTS) is 1. The largest absolute Gasteiger partial charge is 0.477 e. The van der Waals surface area contributed by atoms with Crippen LogP contribution in [-0.2, 0) is 4.74 Å². The van der Waals surface area contributed by atoms with Gasteiger partial charge >= 0.3 is 12.1 Å². The highest BCUT2D eigenvalue weighted by molar-refractivity contribution is 7.17. The first-order valence-corrected chi connectivity index (χ1v) is 8.08. The topological polar surface area (TPSA) is 88.9 Å². The molecule has 1 atom stereocenters. The lowest BCUT2D eigenvalue weighted by Gasteiger charge is -2.22. The summed E-state index contributed by atoms with van der Waals surface area (Å²) in [6.07, 6.45) is -4.74. The summed E-state index contributed by atoms with van der Waals surface area (Å²) < 4.78 is 46.4. The van der Waals surface area contributed by atoms with Gasteiger partial charge in [0.2, 0.25) is 0 Å². The fourth-order valence-corrected chi connectivity index (χ4v) is 3.22. The number of fused-ring (bicyclic) bond motifs is 1. The number of aryl methyl sites for hydroxylation is 1. The molecule has 6 nitrogen and oxygen atoms in total. The van der Waals surface area contributed by atoms with Crippen LogP contribution in [-0.4, -0.2) is 33.9 Å². The predicted octanol–water partition coefficient (Wildman–Crippen LogP) is 3.66. The fraction of sp³-hybridized carbons (Fsp3) is 0.250. The van der Waals surface area contributed by atoms with Crippen LogP contribution in [0.5, 0.6) is 5.75 Å². The zero-order valence-corrected chi connectivity index (χ0v) is 14.0. The van der Waals surface area contributed by atoms with Crippen LogP contribution in [0.1, 0.15) is 27.0 Å². The van der Waals surface area contributed by atoms with E-state index in [-0.39, 0.29) is 10.6 Å². The Morgan fingerprint density at radius 3 is 2.77 bits per heavy atom. The second-order valence-corrected chi connectivity index (χ2v) is 6.43. The van der Waals surface area contributed by atoms with E-state index >= 15 is 0 Å². The molecule has 0 saturated heterocycles. The van der Waals surface area contributed by atoms with Gasteiger partial charge in [0.25, 0.3) is 5.95 Å². The summed E-state index contributed by atoms with van der Waals surface area (Å²) in [6.45, 7) is 0.0438. The third kappa shape index (κ3) is 3.81.